The summed E-state index contributed by atoms with van der Waals surface area (Å²) in [5.74, 6) is -1.66. The van der Waals surface area contributed by atoms with Gasteiger partial charge < -0.3 is 10.4 Å². The van der Waals surface area contributed by atoms with E-state index in [2.05, 4.69) is 10.4 Å². The highest BCUT2D eigenvalue weighted by Crippen LogP contribution is 2.36. The Morgan fingerprint density at radius 3 is 2.79 bits per heavy atom. The van der Waals surface area contributed by atoms with Gasteiger partial charge in [-0.25, -0.2) is 0 Å². The summed E-state index contributed by atoms with van der Waals surface area (Å²) in [4.78, 5) is 23.2. The van der Waals surface area contributed by atoms with Gasteiger partial charge in [0, 0.05) is 18.9 Å². The molecule has 1 aliphatic rings. The molecule has 1 amide bonds. The van der Waals surface area contributed by atoms with Crippen LogP contribution in [0.25, 0.3) is 0 Å². The fourth-order valence-corrected chi connectivity index (χ4v) is 2.71. The number of carbonyl (C=O) groups excluding carboxylic acids is 1. The highest BCUT2D eigenvalue weighted by Gasteiger charge is 2.40. The molecule has 0 saturated heterocycles. The van der Waals surface area contributed by atoms with Crippen molar-refractivity contribution in [3.63, 3.8) is 0 Å². The van der Waals surface area contributed by atoms with Crippen LogP contribution in [-0.2, 0) is 16.1 Å². The van der Waals surface area contributed by atoms with Crippen LogP contribution >= 0.6 is 0 Å². The molecular weight excluding hydrogens is 246 g/mol. The lowest BCUT2D eigenvalue weighted by Crippen LogP contribution is -2.36. The van der Waals surface area contributed by atoms with Crippen molar-refractivity contribution in [3.05, 3.63) is 18.5 Å². The highest BCUT2D eigenvalue weighted by molar-refractivity contribution is 5.85. The van der Waals surface area contributed by atoms with E-state index in [4.69, 9.17) is 5.11 Å². The molecule has 1 aromatic rings. The molecule has 0 aliphatic heterocycles. The molecule has 1 heterocycles. The van der Waals surface area contributed by atoms with E-state index in [-0.39, 0.29) is 5.91 Å². The predicted molar refractivity (Wildman–Crippen MR) is 68.3 cm³/mol. The van der Waals surface area contributed by atoms with Crippen molar-refractivity contribution in [2.75, 3.05) is 6.54 Å². The Hall–Kier alpha value is -1.85. The fourth-order valence-electron chi connectivity index (χ4n) is 2.71. The zero-order valence-corrected chi connectivity index (χ0v) is 11.0. The van der Waals surface area contributed by atoms with Crippen LogP contribution < -0.4 is 5.32 Å². The molecule has 0 aromatic carbocycles. The largest absolute Gasteiger partial charge is 0.481 e. The summed E-state index contributed by atoms with van der Waals surface area (Å²) in [6, 6.07) is 1.82. The van der Waals surface area contributed by atoms with Crippen LogP contribution in [0.4, 0.5) is 0 Å². The van der Waals surface area contributed by atoms with E-state index in [0.717, 1.165) is 0 Å². The first kappa shape index (κ1) is 13.6. The zero-order chi connectivity index (χ0) is 13.8. The first-order valence-corrected chi connectivity index (χ1v) is 6.56. The first-order valence-electron chi connectivity index (χ1n) is 6.56. The topological polar surface area (TPSA) is 84.2 Å². The van der Waals surface area contributed by atoms with Crippen molar-refractivity contribution >= 4 is 11.9 Å². The fraction of sp³-hybridized carbons (Fsp3) is 0.615. The lowest BCUT2D eigenvalue weighted by Gasteiger charge is -2.15. The number of hydrogen-bond donors (Lipinski definition) is 2. The molecule has 1 aromatic heterocycles. The smallest absolute Gasteiger partial charge is 0.307 e. The molecule has 6 nitrogen and oxygen atoms in total. The SMILES string of the molecule is CC1C[C@H](C(=O)NCCn2cccn2)[C@H](C(=O)O)C1. The number of carboxylic acid groups (broad SMARTS) is 1. The van der Waals surface area contributed by atoms with Crippen LogP contribution in [0.5, 0.6) is 0 Å². The van der Waals surface area contributed by atoms with Gasteiger partial charge in [-0.3, -0.25) is 14.3 Å². The Bertz CT molecular complexity index is 444. The number of nitrogens with zero attached hydrogens (tertiary/aromatic N) is 2. The summed E-state index contributed by atoms with van der Waals surface area (Å²) in [6.45, 7) is 3.06. The summed E-state index contributed by atoms with van der Waals surface area (Å²) < 4.78 is 1.73. The molecule has 1 aliphatic carbocycles. The minimum Gasteiger partial charge on any atom is -0.481 e. The third-order valence-electron chi connectivity index (χ3n) is 3.65. The summed E-state index contributed by atoms with van der Waals surface area (Å²) in [5.41, 5.74) is 0. The molecule has 0 bridgehead atoms. The number of aliphatic carboxylic acids is 1. The second kappa shape index (κ2) is 5.86. The van der Waals surface area contributed by atoms with Gasteiger partial charge in [-0.1, -0.05) is 6.92 Å². The third kappa shape index (κ3) is 3.33. The van der Waals surface area contributed by atoms with Crippen molar-refractivity contribution in [2.24, 2.45) is 17.8 Å². The van der Waals surface area contributed by atoms with Crippen molar-refractivity contribution in [2.45, 2.75) is 26.3 Å². The van der Waals surface area contributed by atoms with Crippen LogP contribution in [0.2, 0.25) is 0 Å². The Labute approximate surface area is 111 Å². The maximum Gasteiger partial charge on any atom is 0.307 e. The van der Waals surface area contributed by atoms with E-state index in [1.54, 1.807) is 10.9 Å². The van der Waals surface area contributed by atoms with Crippen LogP contribution in [0.15, 0.2) is 18.5 Å². The van der Waals surface area contributed by atoms with Gasteiger partial charge in [-0.15, -0.1) is 0 Å². The summed E-state index contributed by atoms with van der Waals surface area (Å²) in [5, 5.41) is 16.0. The highest BCUT2D eigenvalue weighted by atomic mass is 16.4. The molecule has 1 fully saturated rings. The average molecular weight is 265 g/mol. The number of aromatic nitrogens is 2. The van der Waals surface area contributed by atoms with Gasteiger partial charge in [-0.05, 0) is 24.8 Å². The van der Waals surface area contributed by atoms with Crippen molar-refractivity contribution in [3.8, 4) is 0 Å². The lowest BCUT2D eigenvalue weighted by atomic mass is 9.95. The van der Waals surface area contributed by atoms with E-state index in [0.29, 0.717) is 31.8 Å². The van der Waals surface area contributed by atoms with Crippen LogP contribution in [0.3, 0.4) is 0 Å². The van der Waals surface area contributed by atoms with Gasteiger partial charge in [0.05, 0.1) is 18.4 Å². The predicted octanol–water partition coefficient (Wildman–Crippen LogP) is 0.746. The van der Waals surface area contributed by atoms with E-state index < -0.39 is 17.8 Å². The van der Waals surface area contributed by atoms with E-state index in [1.807, 2.05) is 19.2 Å². The quantitative estimate of drug-likeness (QED) is 0.822. The molecule has 104 valence electrons. The number of rotatable bonds is 5. The van der Waals surface area contributed by atoms with Gasteiger partial charge in [0.15, 0.2) is 0 Å². The minimum atomic E-state index is -0.864. The van der Waals surface area contributed by atoms with Gasteiger partial charge in [0.1, 0.15) is 0 Å². The van der Waals surface area contributed by atoms with Crippen molar-refractivity contribution in [1.29, 1.82) is 0 Å². The molecule has 1 saturated carbocycles. The number of carboxylic acids is 1. The Morgan fingerprint density at radius 1 is 1.42 bits per heavy atom. The Kier molecular flexibility index (Phi) is 4.19. The lowest BCUT2D eigenvalue weighted by molar-refractivity contribution is -0.146. The number of nitrogens with one attached hydrogen (secondary N) is 1. The number of amides is 1. The number of hydrogen-bond acceptors (Lipinski definition) is 3. The van der Waals surface area contributed by atoms with Crippen molar-refractivity contribution in [1.82, 2.24) is 15.1 Å². The molecule has 2 N–H and O–H groups in total. The first-order chi connectivity index (χ1) is 9.08. The maximum absolute atomic E-state index is 12.0. The second-order valence-corrected chi connectivity index (χ2v) is 5.19. The van der Waals surface area contributed by atoms with Crippen LogP contribution in [0.1, 0.15) is 19.8 Å². The number of carbonyl (C=O) groups is 2. The summed E-state index contributed by atoms with van der Waals surface area (Å²) >= 11 is 0. The van der Waals surface area contributed by atoms with Gasteiger partial charge >= 0.3 is 5.97 Å². The van der Waals surface area contributed by atoms with Crippen LogP contribution in [-0.4, -0.2) is 33.3 Å². The minimum absolute atomic E-state index is 0.149. The Morgan fingerprint density at radius 2 is 2.16 bits per heavy atom. The molecule has 2 rings (SSSR count). The summed E-state index contributed by atoms with van der Waals surface area (Å²) in [6.07, 6.45) is 4.75. The molecule has 3 atom stereocenters. The third-order valence-corrected chi connectivity index (χ3v) is 3.65. The molecule has 0 radical (unpaired) electrons. The van der Waals surface area contributed by atoms with E-state index >= 15 is 0 Å². The monoisotopic (exact) mass is 265 g/mol. The van der Waals surface area contributed by atoms with Crippen molar-refractivity contribution < 1.29 is 14.7 Å². The Balaban J connectivity index is 1.83. The van der Waals surface area contributed by atoms with E-state index in [1.165, 1.54) is 0 Å². The molecule has 19 heavy (non-hydrogen) atoms. The van der Waals surface area contributed by atoms with Gasteiger partial charge in [-0.2, -0.15) is 5.10 Å². The second-order valence-electron chi connectivity index (χ2n) is 5.19. The average Bonchev–Trinajstić information content (AvgIpc) is 2.98. The standard InChI is InChI=1S/C13H19N3O3/c1-9-7-10(11(8-9)13(18)19)12(17)14-4-6-16-5-2-3-15-16/h2-3,5,9-11H,4,6-8H2,1H3,(H,14,17)(H,18,19)/t9?,10-,11+/m0/s1. The van der Waals surface area contributed by atoms with Gasteiger partial charge in [0.25, 0.3) is 0 Å². The maximum atomic E-state index is 12.0. The van der Waals surface area contributed by atoms with Crippen LogP contribution in [0, 0.1) is 17.8 Å². The molecule has 0 spiro atoms. The van der Waals surface area contributed by atoms with E-state index in [9.17, 15) is 9.59 Å². The molecular formula is C13H19N3O3. The zero-order valence-electron chi connectivity index (χ0n) is 11.0. The molecule has 1 unspecified atom stereocenters. The van der Waals surface area contributed by atoms with Gasteiger partial charge in [0.2, 0.25) is 5.91 Å². The molecule has 6 heteroatoms. The normalized spacial score (nSPS) is 26.3. The summed E-state index contributed by atoms with van der Waals surface area (Å²) in [7, 11) is 0.